The van der Waals surface area contributed by atoms with E-state index in [-0.39, 0.29) is 5.24 Å². The smallest absolute Gasteiger partial charge is 0.302 e. The zero-order valence-corrected chi connectivity index (χ0v) is 22.0. The molecule has 5 rings (SSSR count). The van der Waals surface area contributed by atoms with E-state index in [2.05, 4.69) is 42.7 Å². The van der Waals surface area contributed by atoms with E-state index in [9.17, 15) is 4.79 Å². The number of hydrogen-bond acceptors (Lipinski definition) is 5. The van der Waals surface area contributed by atoms with Gasteiger partial charge in [0.15, 0.2) is 0 Å². The fourth-order valence-corrected chi connectivity index (χ4v) is 5.26. The lowest BCUT2D eigenvalue weighted by molar-refractivity contribution is 0.222. The van der Waals surface area contributed by atoms with Gasteiger partial charge in [0.25, 0.3) is 0 Å². The third kappa shape index (κ3) is 5.13. The maximum absolute atomic E-state index is 12.6. The lowest BCUT2D eigenvalue weighted by atomic mass is 10.1. The SMILES string of the molecule is COc1cccc(-c2nc3cc(C4=NN(Cc5cccc(Cl)c5)C(=O)SC4)ccc3n2CC(C)C)c1. The van der Waals surface area contributed by atoms with E-state index in [1.165, 1.54) is 16.8 Å². The highest BCUT2D eigenvalue weighted by atomic mass is 35.5. The van der Waals surface area contributed by atoms with Gasteiger partial charge in [0.2, 0.25) is 0 Å². The van der Waals surface area contributed by atoms with Crippen LogP contribution in [0.5, 0.6) is 5.75 Å². The molecule has 2 heterocycles. The average Bonchev–Trinajstić information content (AvgIpc) is 3.22. The van der Waals surface area contributed by atoms with E-state index in [1.54, 1.807) is 7.11 Å². The van der Waals surface area contributed by atoms with E-state index in [4.69, 9.17) is 26.4 Å². The summed E-state index contributed by atoms with van der Waals surface area (Å²) in [5, 5.41) is 6.79. The molecular weight excluding hydrogens is 492 g/mol. The molecule has 0 saturated carbocycles. The molecule has 0 bridgehead atoms. The van der Waals surface area contributed by atoms with Gasteiger partial charge in [-0.3, -0.25) is 4.79 Å². The van der Waals surface area contributed by atoms with E-state index in [1.807, 2.05) is 42.5 Å². The van der Waals surface area contributed by atoms with Crippen LogP contribution in [-0.2, 0) is 13.1 Å². The summed E-state index contributed by atoms with van der Waals surface area (Å²) in [5.74, 6) is 2.68. The first-order valence-corrected chi connectivity index (χ1v) is 13.2. The fourth-order valence-electron chi connectivity index (χ4n) is 4.31. The van der Waals surface area contributed by atoms with Gasteiger partial charge in [0, 0.05) is 28.4 Å². The van der Waals surface area contributed by atoms with E-state index >= 15 is 0 Å². The van der Waals surface area contributed by atoms with E-state index < -0.39 is 0 Å². The van der Waals surface area contributed by atoms with Crippen molar-refractivity contribution in [2.45, 2.75) is 26.9 Å². The van der Waals surface area contributed by atoms with Gasteiger partial charge < -0.3 is 9.30 Å². The van der Waals surface area contributed by atoms with Crippen LogP contribution < -0.4 is 4.74 Å². The van der Waals surface area contributed by atoms with Crippen LogP contribution in [0.2, 0.25) is 5.02 Å². The highest BCUT2D eigenvalue weighted by Gasteiger charge is 2.23. The third-order valence-corrected chi connectivity index (χ3v) is 7.07. The van der Waals surface area contributed by atoms with Gasteiger partial charge >= 0.3 is 5.24 Å². The quantitative estimate of drug-likeness (QED) is 0.262. The van der Waals surface area contributed by atoms with Gasteiger partial charge in [-0.05, 0) is 47.9 Å². The van der Waals surface area contributed by atoms with E-state index in [0.29, 0.717) is 23.2 Å². The first-order chi connectivity index (χ1) is 17.4. The van der Waals surface area contributed by atoms with Gasteiger partial charge in [0.1, 0.15) is 11.6 Å². The Hall–Kier alpha value is -3.29. The Kier molecular flexibility index (Phi) is 7.03. The molecule has 4 aromatic rings. The molecule has 36 heavy (non-hydrogen) atoms. The molecule has 8 heteroatoms. The minimum absolute atomic E-state index is 0.0682. The van der Waals surface area contributed by atoms with Crippen LogP contribution in [0.25, 0.3) is 22.4 Å². The van der Waals surface area contributed by atoms with Crippen LogP contribution in [0.15, 0.2) is 71.8 Å². The summed E-state index contributed by atoms with van der Waals surface area (Å²) in [6.45, 7) is 5.63. The molecule has 0 aliphatic carbocycles. The zero-order valence-electron chi connectivity index (χ0n) is 20.4. The molecule has 1 amide bonds. The van der Waals surface area contributed by atoms with Crippen molar-refractivity contribution < 1.29 is 9.53 Å². The van der Waals surface area contributed by atoms with Gasteiger partial charge in [-0.2, -0.15) is 5.10 Å². The second-order valence-corrected chi connectivity index (χ2v) is 10.5. The first-order valence-electron chi connectivity index (χ1n) is 11.8. The predicted octanol–water partition coefficient (Wildman–Crippen LogP) is 7.09. The molecular formula is C28H27ClN4O2S. The summed E-state index contributed by atoms with van der Waals surface area (Å²) in [6.07, 6.45) is 0. The summed E-state index contributed by atoms with van der Waals surface area (Å²) < 4.78 is 7.71. The summed E-state index contributed by atoms with van der Waals surface area (Å²) >= 11 is 7.39. The molecule has 3 aromatic carbocycles. The normalized spacial score (nSPS) is 14.0. The molecule has 6 nitrogen and oxygen atoms in total. The van der Waals surface area contributed by atoms with Crippen LogP contribution in [0.1, 0.15) is 25.0 Å². The Morgan fingerprint density at radius 2 is 1.89 bits per heavy atom. The molecule has 184 valence electrons. The molecule has 1 aliphatic rings. The maximum atomic E-state index is 12.6. The highest BCUT2D eigenvalue weighted by Crippen LogP contribution is 2.30. The number of nitrogens with zero attached hydrogens (tertiary/aromatic N) is 4. The van der Waals surface area contributed by atoms with Gasteiger partial charge in [-0.25, -0.2) is 9.99 Å². The van der Waals surface area contributed by atoms with Crippen molar-refractivity contribution in [3.05, 3.63) is 82.9 Å². The fraction of sp³-hybridized carbons (Fsp3) is 0.250. The molecule has 0 radical (unpaired) electrons. The summed E-state index contributed by atoms with van der Waals surface area (Å²) in [7, 11) is 1.67. The minimum Gasteiger partial charge on any atom is -0.497 e. The maximum Gasteiger partial charge on any atom is 0.302 e. The Morgan fingerprint density at radius 3 is 2.67 bits per heavy atom. The van der Waals surface area contributed by atoms with Crippen molar-refractivity contribution >= 4 is 45.3 Å². The molecule has 0 unspecified atom stereocenters. The lowest BCUT2D eigenvalue weighted by Gasteiger charge is -2.23. The Bertz CT molecular complexity index is 1460. The van der Waals surface area contributed by atoms with Crippen molar-refractivity contribution in [1.29, 1.82) is 0 Å². The number of rotatable bonds is 7. The number of carbonyl (C=O) groups is 1. The summed E-state index contributed by atoms with van der Waals surface area (Å²) in [6, 6.07) is 21.7. The van der Waals surface area contributed by atoms with Crippen molar-refractivity contribution in [3.8, 4) is 17.1 Å². The zero-order chi connectivity index (χ0) is 25.2. The minimum atomic E-state index is -0.0682. The number of fused-ring (bicyclic) bond motifs is 1. The number of carbonyl (C=O) groups excluding carboxylic acids is 1. The van der Waals surface area contributed by atoms with Crippen LogP contribution in [0, 0.1) is 5.92 Å². The van der Waals surface area contributed by atoms with Crippen molar-refractivity contribution in [2.75, 3.05) is 12.9 Å². The number of imidazole rings is 1. The predicted molar refractivity (Wildman–Crippen MR) is 148 cm³/mol. The first kappa shape index (κ1) is 24.4. The number of hydrogen-bond donors (Lipinski definition) is 0. The van der Waals surface area contributed by atoms with Crippen molar-refractivity contribution in [3.63, 3.8) is 0 Å². The van der Waals surface area contributed by atoms with Gasteiger partial charge in [-0.15, -0.1) is 0 Å². The molecule has 0 fully saturated rings. The number of aromatic nitrogens is 2. The number of thioether (sulfide) groups is 1. The number of benzene rings is 3. The van der Waals surface area contributed by atoms with E-state index in [0.717, 1.165) is 51.6 Å². The van der Waals surface area contributed by atoms with Crippen LogP contribution >= 0.6 is 23.4 Å². The number of ether oxygens (including phenoxy) is 1. The number of amides is 1. The molecule has 0 atom stereocenters. The van der Waals surface area contributed by atoms with Crippen LogP contribution in [0.4, 0.5) is 4.79 Å². The average molecular weight is 519 g/mol. The van der Waals surface area contributed by atoms with Crippen LogP contribution in [0.3, 0.4) is 0 Å². The second-order valence-electron chi connectivity index (χ2n) is 9.16. The summed E-state index contributed by atoms with van der Waals surface area (Å²) in [5.41, 5.74) is 5.73. The van der Waals surface area contributed by atoms with Crippen LogP contribution in [-0.4, -0.2) is 38.4 Å². The number of methoxy groups -OCH3 is 1. The number of halogens is 1. The molecule has 0 saturated heterocycles. The number of hydrazone groups is 1. The monoisotopic (exact) mass is 518 g/mol. The topological polar surface area (TPSA) is 59.7 Å². The molecule has 0 N–H and O–H groups in total. The molecule has 0 spiro atoms. The second kappa shape index (κ2) is 10.4. The van der Waals surface area contributed by atoms with Gasteiger partial charge in [0.05, 0.1) is 30.4 Å². The standard InChI is InChI=1S/C28H27ClN4O2S/c1-18(2)15-32-26-11-10-20(14-24(26)30-27(32)21-7-5-9-23(13-21)35-3)25-17-36-28(34)33(31-25)16-19-6-4-8-22(29)12-19/h4-14,18H,15-17H2,1-3H3. The summed E-state index contributed by atoms with van der Waals surface area (Å²) in [4.78, 5) is 17.6. The molecule has 1 aromatic heterocycles. The van der Waals surface area contributed by atoms with Gasteiger partial charge in [-0.1, -0.05) is 67.5 Å². The van der Waals surface area contributed by atoms with Crippen molar-refractivity contribution in [2.24, 2.45) is 11.0 Å². The Labute approximate surface area is 219 Å². The van der Waals surface area contributed by atoms with Crippen molar-refractivity contribution in [1.82, 2.24) is 14.6 Å². The molecule has 1 aliphatic heterocycles. The Morgan fingerprint density at radius 1 is 1.06 bits per heavy atom. The Balaban J connectivity index is 1.52. The highest BCUT2D eigenvalue weighted by molar-refractivity contribution is 8.14. The third-order valence-electron chi connectivity index (χ3n) is 5.96. The lowest BCUT2D eigenvalue weighted by Crippen LogP contribution is -2.29. The largest absolute Gasteiger partial charge is 0.497 e.